The predicted molar refractivity (Wildman–Crippen MR) is 96.4 cm³/mol. The highest BCUT2D eigenvalue weighted by atomic mass is 79.9. The molecule has 1 fully saturated rings. The molecule has 1 aromatic rings. The van der Waals surface area contributed by atoms with Gasteiger partial charge in [0.05, 0.1) is 0 Å². The van der Waals surface area contributed by atoms with Crippen LogP contribution >= 0.6 is 15.9 Å². The van der Waals surface area contributed by atoms with Gasteiger partial charge in [-0.15, -0.1) is 0 Å². The van der Waals surface area contributed by atoms with Crippen LogP contribution in [0.5, 0.6) is 0 Å². The molecule has 1 saturated heterocycles. The van der Waals surface area contributed by atoms with Crippen molar-refractivity contribution in [3.63, 3.8) is 0 Å². The topological polar surface area (TPSA) is 20.3 Å². The minimum absolute atomic E-state index is 0.255. The molecule has 0 spiro atoms. The molecule has 2 nitrogen and oxygen atoms in total. The summed E-state index contributed by atoms with van der Waals surface area (Å²) >= 11 is 3.46. The Hall–Kier alpha value is -0.670. The summed E-state index contributed by atoms with van der Waals surface area (Å²) in [5.41, 5.74) is 0.820. The van der Waals surface area contributed by atoms with Crippen molar-refractivity contribution in [1.82, 2.24) is 4.90 Å². The van der Waals surface area contributed by atoms with Crippen LogP contribution in [0.4, 0.5) is 0 Å². The Kier molecular flexibility index (Phi) is 7.61. The van der Waals surface area contributed by atoms with Crippen molar-refractivity contribution >= 4 is 21.7 Å². The van der Waals surface area contributed by atoms with Crippen LogP contribution in [0.15, 0.2) is 28.7 Å². The van der Waals surface area contributed by atoms with E-state index in [1.165, 1.54) is 45.2 Å². The van der Waals surface area contributed by atoms with Crippen LogP contribution in [0, 0.1) is 5.92 Å². The van der Waals surface area contributed by atoms with E-state index in [0.717, 1.165) is 28.9 Å². The maximum absolute atomic E-state index is 12.2. The van der Waals surface area contributed by atoms with Gasteiger partial charge in [0.25, 0.3) is 0 Å². The first-order chi connectivity index (χ1) is 10.7. The van der Waals surface area contributed by atoms with E-state index in [2.05, 4.69) is 27.8 Å². The summed E-state index contributed by atoms with van der Waals surface area (Å²) in [6.07, 6.45) is 8.42. The van der Waals surface area contributed by atoms with Gasteiger partial charge >= 0.3 is 0 Å². The number of likely N-dealkylation sites (tertiary alicyclic amines) is 1. The van der Waals surface area contributed by atoms with Crippen LogP contribution in [0.25, 0.3) is 0 Å². The second kappa shape index (κ2) is 9.46. The summed E-state index contributed by atoms with van der Waals surface area (Å²) in [5, 5.41) is 0. The van der Waals surface area contributed by atoms with E-state index in [0.29, 0.717) is 6.42 Å². The number of unbranched alkanes of at least 4 members (excludes halogenated alkanes) is 1. The average Bonchev–Trinajstić information content (AvgIpc) is 2.54. The van der Waals surface area contributed by atoms with Gasteiger partial charge in [0, 0.05) is 16.5 Å². The number of ketones is 1. The summed E-state index contributed by atoms with van der Waals surface area (Å²) < 4.78 is 0.914. The molecule has 2 rings (SSSR count). The molecule has 0 amide bonds. The number of carbonyl (C=O) groups is 1. The fourth-order valence-electron chi connectivity index (χ4n) is 3.28. The van der Waals surface area contributed by atoms with Gasteiger partial charge in [0.15, 0.2) is 5.78 Å². The largest absolute Gasteiger partial charge is 0.303 e. The van der Waals surface area contributed by atoms with E-state index < -0.39 is 0 Å². The minimum atomic E-state index is 0.255. The van der Waals surface area contributed by atoms with Gasteiger partial charge in [0.1, 0.15) is 0 Å². The third kappa shape index (κ3) is 5.51. The van der Waals surface area contributed by atoms with Crippen molar-refractivity contribution in [3.05, 3.63) is 34.3 Å². The number of nitrogens with zero attached hydrogens (tertiary/aromatic N) is 1. The molecular formula is C19H28BrNO. The molecule has 0 atom stereocenters. The molecule has 0 bridgehead atoms. The average molecular weight is 366 g/mol. The van der Waals surface area contributed by atoms with E-state index in [1.807, 2.05) is 24.3 Å². The van der Waals surface area contributed by atoms with Crippen LogP contribution in [0.3, 0.4) is 0 Å². The molecule has 22 heavy (non-hydrogen) atoms. The zero-order valence-electron chi connectivity index (χ0n) is 13.7. The van der Waals surface area contributed by atoms with E-state index in [4.69, 9.17) is 0 Å². The molecule has 0 N–H and O–H groups in total. The number of piperidine rings is 1. The Labute approximate surface area is 143 Å². The summed E-state index contributed by atoms with van der Waals surface area (Å²) in [6, 6.07) is 7.72. The van der Waals surface area contributed by atoms with Crippen molar-refractivity contribution < 1.29 is 4.79 Å². The number of carbonyl (C=O) groups excluding carboxylic acids is 1. The summed E-state index contributed by atoms with van der Waals surface area (Å²) in [5.74, 6) is 1.20. The van der Waals surface area contributed by atoms with Crippen molar-refractivity contribution in [1.29, 1.82) is 0 Å². The van der Waals surface area contributed by atoms with Crippen molar-refractivity contribution in [2.75, 3.05) is 19.6 Å². The second-order valence-electron chi connectivity index (χ2n) is 6.43. The SMILES string of the molecule is CCCCC1CCN(CCCC(=O)c2ccccc2Br)CC1. The lowest BCUT2D eigenvalue weighted by atomic mass is 9.91. The highest BCUT2D eigenvalue weighted by Crippen LogP contribution is 2.23. The molecule has 122 valence electrons. The Morgan fingerprint density at radius 1 is 1.23 bits per heavy atom. The van der Waals surface area contributed by atoms with Gasteiger partial charge in [-0.05, 0) is 50.9 Å². The first-order valence-electron chi connectivity index (χ1n) is 8.70. The Balaban J connectivity index is 1.65. The smallest absolute Gasteiger partial charge is 0.164 e. The summed E-state index contributed by atoms with van der Waals surface area (Å²) in [7, 11) is 0. The van der Waals surface area contributed by atoms with Gasteiger partial charge < -0.3 is 4.90 Å². The maximum atomic E-state index is 12.2. The Morgan fingerprint density at radius 2 is 1.95 bits per heavy atom. The van der Waals surface area contributed by atoms with Crippen LogP contribution in [0.2, 0.25) is 0 Å². The summed E-state index contributed by atoms with van der Waals surface area (Å²) in [4.78, 5) is 14.8. The van der Waals surface area contributed by atoms with Gasteiger partial charge in [-0.1, -0.05) is 60.3 Å². The first-order valence-corrected chi connectivity index (χ1v) is 9.50. The molecule has 1 aromatic carbocycles. The molecule has 1 aliphatic heterocycles. The number of Topliss-reactive ketones (excluding diaryl/α,β-unsaturated/α-hetero) is 1. The fourth-order valence-corrected chi connectivity index (χ4v) is 3.78. The van der Waals surface area contributed by atoms with E-state index in [-0.39, 0.29) is 5.78 Å². The molecule has 0 saturated carbocycles. The Morgan fingerprint density at radius 3 is 2.64 bits per heavy atom. The van der Waals surface area contributed by atoms with E-state index in [1.54, 1.807) is 0 Å². The molecule has 3 heteroatoms. The molecule has 1 heterocycles. The van der Waals surface area contributed by atoms with Gasteiger partial charge in [-0.25, -0.2) is 0 Å². The number of benzene rings is 1. The molecule has 0 radical (unpaired) electrons. The standard InChI is InChI=1S/C19H28BrNO/c1-2-3-7-16-11-14-21(15-12-16)13-6-10-19(22)17-8-4-5-9-18(17)20/h4-5,8-9,16H,2-3,6-7,10-15H2,1H3. The molecular weight excluding hydrogens is 338 g/mol. The Bertz CT molecular complexity index is 466. The van der Waals surface area contributed by atoms with Gasteiger partial charge in [-0.2, -0.15) is 0 Å². The van der Waals surface area contributed by atoms with E-state index in [9.17, 15) is 4.79 Å². The number of halogens is 1. The number of rotatable bonds is 8. The number of hydrogen-bond acceptors (Lipinski definition) is 2. The van der Waals surface area contributed by atoms with Crippen molar-refractivity contribution in [2.45, 2.75) is 51.9 Å². The van der Waals surface area contributed by atoms with Gasteiger partial charge in [0.2, 0.25) is 0 Å². The van der Waals surface area contributed by atoms with Crippen LogP contribution < -0.4 is 0 Å². The van der Waals surface area contributed by atoms with Crippen molar-refractivity contribution in [3.8, 4) is 0 Å². The van der Waals surface area contributed by atoms with Crippen LogP contribution in [0.1, 0.15) is 62.2 Å². The molecule has 1 aliphatic rings. The zero-order chi connectivity index (χ0) is 15.8. The third-order valence-electron chi connectivity index (χ3n) is 4.73. The predicted octanol–water partition coefficient (Wildman–Crippen LogP) is 5.31. The van der Waals surface area contributed by atoms with Crippen LogP contribution in [-0.2, 0) is 0 Å². The quantitative estimate of drug-likeness (QED) is 0.581. The lowest BCUT2D eigenvalue weighted by Crippen LogP contribution is -2.34. The second-order valence-corrected chi connectivity index (χ2v) is 7.29. The number of hydrogen-bond donors (Lipinski definition) is 0. The molecule has 0 unspecified atom stereocenters. The summed E-state index contributed by atoms with van der Waals surface area (Å²) in [6.45, 7) is 5.78. The van der Waals surface area contributed by atoms with Crippen LogP contribution in [-0.4, -0.2) is 30.3 Å². The monoisotopic (exact) mass is 365 g/mol. The van der Waals surface area contributed by atoms with Gasteiger partial charge in [-0.3, -0.25) is 4.79 Å². The zero-order valence-corrected chi connectivity index (χ0v) is 15.3. The lowest BCUT2D eigenvalue weighted by molar-refractivity contribution is 0.0969. The molecule has 0 aromatic heterocycles. The highest BCUT2D eigenvalue weighted by molar-refractivity contribution is 9.10. The fraction of sp³-hybridized carbons (Fsp3) is 0.632. The maximum Gasteiger partial charge on any atom is 0.164 e. The van der Waals surface area contributed by atoms with Crippen molar-refractivity contribution in [2.24, 2.45) is 5.92 Å². The minimum Gasteiger partial charge on any atom is -0.303 e. The third-order valence-corrected chi connectivity index (χ3v) is 5.42. The highest BCUT2D eigenvalue weighted by Gasteiger charge is 2.18. The lowest BCUT2D eigenvalue weighted by Gasteiger charge is -2.31. The molecule has 0 aliphatic carbocycles. The first kappa shape index (κ1) is 17.7. The van der Waals surface area contributed by atoms with E-state index >= 15 is 0 Å². The normalized spacial score (nSPS) is 16.8.